The molecule has 0 radical (unpaired) electrons. The van der Waals surface area contributed by atoms with E-state index in [4.69, 9.17) is 16.3 Å². The highest BCUT2D eigenvalue weighted by atomic mass is 35.5. The van der Waals surface area contributed by atoms with Gasteiger partial charge in [0, 0.05) is 6.54 Å². The van der Waals surface area contributed by atoms with Crippen LogP contribution in [0.5, 0.6) is 5.75 Å². The van der Waals surface area contributed by atoms with E-state index < -0.39 is 0 Å². The van der Waals surface area contributed by atoms with Crippen molar-refractivity contribution in [2.45, 2.75) is 12.4 Å². The average molecular weight is 305 g/mol. The molecule has 3 nitrogen and oxygen atoms in total. The van der Waals surface area contributed by atoms with E-state index in [9.17, 15) is 4.39 Å². The monoisotopic (exact) mass is 304 g/mol. The molecular formula is C16H14ClFN2O. The van der Waals surface area contributed by atoms with Crippen LogP contribution in [0.4, 0.5) is 4.39 Å². The van der Waals surface area contributed by atoms with Gasteiger partial charge in [-0.25, -0.2) is 9.37 Å². The number of rotatable bonds is 4. The molecule has 21 heavy (non-hydrogen) atoms. The summed E-state index contributed by atoms with van der Waals surface area (Å²) in [6, 6.07) is 12.7. The first-order valence-electron chi connectivity index (χ1n) is 6.55. The summed E-state index contributed by atoms with van der Waals surface area (Å²) in [6.07, 6.45) is 0. The molecule has 0 fully saturated rings. The minimum atomic E-state index is -0.327. The summed E-state index contributed by atoms with van der Waals surface area (Å²) in [5, 5.41) is 0. The summed E-state index contributed by atoms with van der Waals surface area (Å²) >= 11 is 5.94. The number of hydrogen-bond acceptors (Lipinski definition) is 2. The van der Waals surface area contributed by atoms with E-state index in [1.807, 2.05) is 34.9 Å². The number of alkyl halides is 1. The van der Waals surface area contributed by atoms with Gasteiger partial charge in [-0.3, -0.25) is 0 Å². The molecule has 1 heterocycles. The molecule has 2 aromatic carbocycles. The standard InChI is InChI=1S/C16H14ClFN2O/c1-21-12-7-5-11(6-8-12)10-20-14-4-2-3-13(18)16(14)19-15(20)9-17/h2-8H,9-10H2,1H3. The largest absolute Gasteiger partial charge is 0.497 e. The second-order valence-electron chi connectivity index (χ2n) is 4.70. The molecule has 3 aromatic rings. The van der Waals surface area contributed by atoms with Crippen LogP contribution >= 0.6 is 11.6 Å². The number of halogens is 2. The fourth-order valence-corrected chi connectivity index (χ4v) is 2.56. The van der Waals surface area contributed by atoms with Crippen molar-refractivity contribution in [2.24, 2.45) is 0 Å². The molecule has 0 aliphatic rings. The molecule has 0 bridgehead atoms. The molecule has 0 spiro atoms. The Balaban J connectivity index is 2.04. The molecule has 0 N–H and O–H groups in total. The number of aromatic nitrogens is 2. The van der Waals surface area contributed by atoms with E-state index >= 15 is 0 Å². The Kier molecular flexibility index (Phi) is 3.80. The molecule has 0 atom stereocenters. The molecule has 108 valence electrons. The highest BCUT2D eigenvalue weighted by Crippen LogP contribution is 2.22. The van der Waals surface area contributed by atoms with Gasteiger partial charge in [-0.05, 0) is 29.8 Å². The van der Waals surface area contributed by atoms with Gasteiger partial charge in [-0.2, -0.15) is 0 Å². The van der Waals surface area contributed by atoms with Gasteiger partial charge in [0.25, 0.3) is 0 Å². The van der Waals surface area contributed by atoms with Crippen molar-refractivity contribution in [1.29, 1.82) is 0 Å². The lowest BCUT2D eigenvalue weighted by atomic mass is 10.2. The van der Waals surface area contributed by atoms with Crippen LogP contribution in [0.25, 0.3) is 11.0 Å². The van der Waals surface area contributed by atoms with E-state index in [-0.39, 0.29) is 11.7 Å². The fourth-order valence-electron chi connectivity index (χ4n) is 2.35. The number of hydrogen-bond donors (Lipinski definition) is 0. The van der Waals surface area contributed by atoms with E-state index in [1.165, 1.54) is 6.07 Å². The number of benzene rings is 2. The molecular weight excluding hydrogens is 291 g/mol. The van der Waals surface area contributed by atoms with Gasteiger partial charge in [0.15, 0.2) is 5.82 Å². The molecule has 0 aliphatic carbocycles. The second-order valence-corrected chi connectivity index (χ2v) is 4.97. The molecule has 0 saturated heterocycles. The van der Waals surface area contributed by atoms with Crippen LogP contribution in [0.3, 0.4) is 0 Å². The Bertz CT molecular complexity index is 768. The van der Waals surface area contributed by atoms with Crippen LogP contribution in [0.2, 0.25) is 0 Å². The molecule has 1 aromatic heterocycles. The summed E-state index contributed by atoms with van der Waals surface area (Å²) in [5.74, 6) is 1.38. The Morgan fingerprint density at radius 3 is 2.62 bits per heavy atom. The Labute approximate surface area is 126 Å². The summed E-state index contributed by atoms with van der Waals surface area (Å²) in [4.78, 5) is 4.29. The van der Waals surface area contributed by atoms with Gasteiger partial charge in [-0.1, -0.05) is 18.2 Å². The van der Waals surface area contributed by atoms with Gasteiger partial charge in [-0.15, -0.1) is 11.6 Å². The summed E-state index contributed by atoms with van der Waals surface area (Å²) in [5.41, 5.74) is 2.19. The van der Waals surface area contributed by atoms with Crippen LogP contribution in [0, 0.1) is 5.82 Å². The smallest absolute Gasteiger partial charge is 0.151 e. The Morgan fingerprint density at radius 1 is 1.19 bits per heavy atom. The minimum Gasteiger partial charge on any atom is -0.497 e. The van der Waals surface area contributed by atoms with E-state index in [0.29, 0.717) is 17.9 Å². The predicted molar refractivity (Wildman–Crippen MR) is 81.3 cm³/mol. The second kappa shape index (κ2) is 5.74. The number of ether oxygens (including phenoxy) is 1. The van der Waals surface area contributed by atoms with Crippen LogP contribution < -0.4 is 4.74 Å². The van der Waals surface area contributed by atoms with Crippen molar-refractivity contribution >= 4 is 22.6 Å². The number of para-hydroxylation sites is 1. The van der Waals surface area contributed by atoms with Crippen molar-refractivity contribution in [3.05, 3.63) is 59.7 Å². The first-order valence-corrected chi connectivity index (χ1v) is 7.09. The third-order valence-corrected chi connectivity index (χ3v) is 3.67. The SMILES string of the molecule is COc1ccc(Cn2c(CCl)nc3c(F)cccc32)cc1. The fraction of sp³-hybridized carbons (Fsp3) is 0.188. The van der Waals surface area contributed by atoms with Gasteiger partial charge in [0.1, 0.15) is 17.1 Å². The number of methoxy groups -OCH3 is 1. The summed E-state index contributed by atoms with van der Waals surface area (Å²) < 4.78 is 20.9. The maximum absolute atomic E-state index is 13.8. The van der Waals surface area contributed by atoms with Crippen molar-refractivity contribution in [1.82, 2.24) is 9.55 Å². The number of fused-ring (bicyclic) bond motifs is 1. The van der Waals surface area contributed by atoms with Gasteiger partial charge >= 0.3 is 0 Å². The molecule has 0 amide bonds. The molecule has 3 rings (SSSR count). The molecule has 5 heteroatoms. The van der Waals surface area contributed by atoms with Crippen molar-refractivity contribution in [2.75, 3.05) is 7.11 Å². The molecule has 0 aliphatic heterocycles. The number of imidazole rings is 1. The average Bonchev–Trinajstić information content (AvgIpc) is 2.87. The predicted octanol–water partition coefficient (Wildman–Crippen LogP) is 3.97. The quantitative estimate of drug-likeness (QED) is 0.682. The highest BCUT2D eigenvalue weighted by molar-refractivity contribution is 6.16. The Hall–Kier alpha value is -2.07. The van der Waals surface area contributed by atoms with Crippen LogP contribution in [0.1, 0.15) is 11.4 Å². The first-order chi connectivity index (χ1) is 10.2. The summed E-state index contributed by atoms with van der Waals surface area (Å²) in [7, 11) is 1.63. The van der Waals surface area contributed by atoms with Crippen LogP contribution in [0.15, 0.2) is 42.5 Å². The lowest BCUT2D eigenvalue weighted by Crippen LogP contribution is -2.03. The van der Waals surface area contributed by atoms with Crippen LogP contribution in [-0.4, -0.2) is 16.7 Å². The zero-order valence-electron chi connectivity index (χ0n) is 11.5. The van der Waals surface area contributed by atoms with Crippen molar-refractivity contribution < 1.29 is 9.13 Å². The molecule has 0 saturated carbocycles. The maximum atomic E-state index is 13.8. The lowest BCUT2D eigenvalue weighted by Gasteiger charge is -2.08. The Morgan fingerprint density at radius 2 is 1.95 bits per heavy atom. The van der Waals surface area contributed by atoms with Gasteiger partial charge in [0.2, 0.25) is 0 Å². The lowest BCUT2D eigenvalue weighted by molar-refractivity contribution is 0.414. The maximum Gasteiger partial charge on any atom is 0.151 e. The van der Waals surface area contributed by atoms with Crippen molar-refractivity contribution in [3.8, 4) is 5.75 Å². The van der Waals surface area contributed by atoms with E-state index in [1.54, 1.807) is 13.2 Å². The summed E-state index contributed by atoms with van der Waals surface area (Å²) in [6.45, 7) is 0.589. The van der Waals surface area contributed by atoms with Gasteiger partial charge < -0.3 is 9.30 Å². The third-order valence-electron chi connectivity index (χ3n) is 3.43. The first kappa shape index (κ1) is 13.9. The van der Waals surface area contributed by atoms with Crippen LogP contribution in [-0.2, 0) is 12.4 Å². The zero-order valence-corrected chi connectivity index (χ0v) is 12.3. The topological polar surface area (TPSA) is 27.1 Å². The normalized spacial score (nSPS) is 11.0. The zero-order chi connectivity index (χ0) is 14.8. The molecule has 0 unspecified atom stereocenters. The van der Waals surface area contributed by atoms with Crippen molar-refractivity contribution in [3.63, 3.8) is 0 Å². The minimum absolute atomic E-state index is 0.240. The van der Waals surface area contributed by atoms with E-state index in [0.717, 1.165) is 16.8 Å². The highest BCUT2D eigenvalue weighted by Gasteiger charge is 2.13. The third kappa shape index (κ3) is 2.59. The van der Waals surface area contributed by atoms with E-state index in [2.05, 4.69) is 4.98 Å². The van der Waals surface area contributed by atoms with Gasteiger partial charge in [0.05, 0.1) is 18.5 Å². The number of nitrogens with zero attached hydrogens (tertiary/aromatic N) is 2.